The van der Waals surface area contributed by atoms with Gasteiger partial charge < -0.3 is 10.1 Å². The summed E-state index contributed by atoms with van der Waals surface area (Å²) in [5.41, 5.74) is 0. The molecule has 0 radical (unpaired) electrons. The fourth-order valence-corrected chi connectivity index (χ4v) is 0.569. The highest BCUT2D eigenvalue weighted by molar-refractivity contribution is 5.79. The predicted molar refractivity (Wildman–Crippen MR) is 41.7 cm³/mol. The molecule has 0 aromatic carbocycles. The van der Waals surface area contributed by atoms with E-state index in [1.54, 1.807) is 6.92 Å². The largest absolute Gasteiger partial charge is 0.346 e. The minimum atomic E-state index is -0.521. The lowest BCUT2D eigenvalue weighted by atomic mass is 10.2. The van der Waals surface area contributed by atoms with Crippen LogP contribution < -0.4 is 5.32 Å². The van der Waals surface area contributed by atoms with Crippen LogP contribution in [0.2, 0.25) is 0 Å². The molecule has 1 unspecified atom stereocenters. The third-order valence-electron chi connectivity index (χ3n) is 1.17. The number of rotatable bonds is 4. The maximum Gasteiger partial charge on any atom is 0.220 e. The minimum absolute atomic E-state index is 0.155. The number of hydrogen-bond donors (Lipinski definition) is 1. The Bertz CT molecular complexity index is 181. The molecule has 0 aliphatic carbocycles. The van der Waals surface area contributed by atoms with Gasteiger partial charge in [-0.1, -0.05) is 6.92 Å². The second kappa shape index (κ2) is 5.48. The van der Waals surface area contributed by atoms with Gasteiger partial charge in [0.05, 0.1) is 6.04 Å². The van der Waals surface area contributed by atoms with Crippen molar-refractivity contribution in [2.24, 2.45) is 0 Å². The van der Waals surface area contributed by atoms with Crippen LogP contribution in [0.5, 0.6) is 0 Å². The van der Waals surface area contributed by atoms with Crippen LogP contribution in [0.15, 0.2) is 0 Å². The SMILES string of the molecule is C#CCC(C=O)NC(=O)CC. The first-order chi connectivity index (χ1) is 5.24. The zero-order valence-electron chi connectivity index (χ0n) is 6.46. The highest BCUT2D eigenvalue weighted by Crippen LogP contribution is 1.86. The van der Waals surface area contributed by atoms with Crippen LogP contribution in [-0.4, -0.2) is 18.2 Å². The van der Waals surface area contributed by atoms with Crippen molar-refractivity contribution in [2.45, 2.75) is 25.8 Å². The smallest absolute Gasteiger partial charge is 0.220 e. The first-order valence-corrected chi connectivity index (χ1v) is 3.42. The number of amides is 1. The summed E-state index contributed by atoms with van der Waals surface area (Å²) in [6.45, 7) is 1.72. The molecule has 1 amide bonds. The van der Waals surface area contributed by atoms with E-state index in [4.69, 9.17) is 6.42 Å². The van der Waals surface area contributed by atoms with Crippen LogP contribution >= 0.6 is 0 Å². The predicted octanol–water partition coefficient (Wildman–Crippen LogP) is 0.103. The molecule has 1 N–H and O–H groups in total. The molecule has 0 spiro atoms. The van der Waals surface area contributed by atoms with Crippen LogP contribution in [0.4, 0.5) is 0 Å². The van der Waals surface area contributed by atoms with Crippen LogP contribution in [-0.2, 0) is 9.59 Å². The number of nitrogens with one attached hydrogen (secondary N) is 1. The van der Waals surface area contributed by atoms with Gasteiger partial charge in [-0.15, -0.1) is 12.3 Å². The van der Waals surface area contributed by atoms with Gasteiger partial charge in [0.15, 0.2) is 0 Å². The summed E-state index contributed by atoms with van der Waals surface area (Å²) >= 11 is 0. The van der Waals surface area contributed by atoms with Crippen LogP contribution in [0, 0.1) is 12.3 Å². The normalized spacial score (nSPS) is 11.3. The molecule has 60 valence electrons. The molecule has 0 rings (SSSR count). The van der Waals surface area contributed by atoms with Gasteiger partial charge in [-0.05, 0) is 0 Å². The summed E-state index contributed by atoms with van der Waals surface area (Å²) in [6.07, 6.45) is 6.24. The van der Waals surface area contributed by atoms with Gasteiger partial charge in [0.25, 0.3) is 0 Å². The summed E-state index contributed by atoms with van der Waals surface area (Å²) < 4.78 is 0. The molecule has 0 fully saturated rings. The van der Waals surface area contributed by atoms with E-state index in [0.717, 1.165) is 0 Å². The third-order valence-corrected chi connectivity index (χ3v) is 1.17. The fraction of sp³-hybridized carbons (Fsp3) is 0.500. The molecular formula is C8H11NO2. The third kappa shape index (κ3) is 4.15. The Hall–Kier alpha value is -1.30. The van der Waals surface area contributed by atoms with Crippen molar-refractivity contribution in [1.82, 2.24) is 5.32 Å². The molecule has 1 atom stereocenters. The van der Waals surface area contributed by atoms with Gasteiger partial charge in [0.2, 0.25) is 5.91 Å². The Labute approximate surface area is 66.2 Å². The van der Waals surface area contributed by atoms with E-state index >= 15 is 0 Å². The molecule has 0 heterocycles. The first kappa shape index (κ1) is 9.70. The Morgan fingerprint density at radius 2 is 2.45 bits per heavy atom. The average Bonchev–Trinajstić information content (AvgIpc) is 2.03. The van der Waals surface area contributed by atoms with Crippen molar-refractivity contribution in [3.63, 3.8) is 0 Å². The van der Waals surface area contributed by atoms with Crippen LogP contribution in [0.3, 0.4) is 0 Å². The number of hydrogen-bond acceptors (Lipinski definition) is 2. The van der Waals surface area contributed by atoms with Crippen LogP contribution in [0.25, 0.3) is 0 Å². The lowest BCUT2D eigenvalue weighted by Gasteiger charge is -2.07. The second-order valence-corrected chi connectivity index (χ2v) is 2.07. The Morgan fingerprint density at radius 3 is 2.82 bits per heavy atom. The Kier molecular flexibility index (Phi) is 4.83. The van der Waals surface area contributed by atoms with Crippen molar-refractivity contribution >= 4 is 12.2 Å². The van der Waals surface area contributed by atoms with E-state index in [0.29, 0.717) is 12.7 Å². The number of carbonyl (C=O) groups excluding carboxylic acids is 2. The molecule has 0 aliphatic heterocycles. The molecule has 0 aromatic heterocycles. The molecule has 0 bridgehead atoms. The highest BCUT2D eigenvalue weighted by Gasteiger charge is 2.06. The summed E-state index contributed by atoms with van der Waals surface area (Å²) in [7, 11) is 0. The number of carbonyl (C=O) groups is 2. The monoisotopic (exact) mass is 153 g/mol. The van der Waals surface area contributed by atoms with Gasteiger partial charge in [-0.25, -0.2) is 0 Å². The van der Waals surface area contributed by atoms with E-state index in [2.05, 4.69) is 11.2 Å². The lowest BCUT2D eigenvalue weighted by Crippen LogP contribution is -2.35. The Morgan fingerprint density at radius 1 is 1.82 bits per heavy atom. The summed E-state index contributed by atoms with van der Waals surface area (Å²) in [4.78, 5) is 21.0. The van der Waals surface area contributed by atoms with Gasteiger partial charge in [-0.2, -0.15) is 0 Å². The topological polar surface area (TPSA) is 46.2 Å². The van der Waals surface area contributed by atoms with E-state index in [-0.39, 0.29) is 12.3 Å². The Balaban J connectivity index is 3.79. The standard InChI is InChI=1S/C8H11NO2/c1-3-5-7(6-10)9-8(11)4-2/h1,6-7H,4-5H2,2H3,(H,9,11). The molecule has 0 aliphatic rings. The maximum absolute atomic E-state index is 10.7. The fourth-order valence-electron chi connectivity index (χ4n) is 0.569. The van der Waals surface area contributed by atoms with Gasteiger partial charge in [0, 0.05) is 12.8 Å². The van der Waals surface area contributed by atoms with Gasteiger partial charge >= 0.3 is 0 Å². The van der Waals surface area contributed by atoms with Crippen molar-refractivity contribution < 1.29 is 9.59 Å². The second-order valence-electron chi connectivity index (χ2n) is 2.07. The number of aldehydes is 1. The van der Waals surface area contributed by atoms with E-state index < -0.39 is 6.04 Å². The van der Waals surface area contributed by atoms with Gasteiger partial charge in [0.1, 0.15) is 6.29 Å². The van der Waals surface area contributed by atoms with Crippen molar-refractivity contribution in [3.8, 4) is 12.3 Å². The summed E-state index contributed by atoms with van der Waals surface area (Å²) in [5.74, 6) is 2.15. The molecule has 3 nitrogen and oxygen atoms in total. The minimum Gasteiger partial charge on any atom is -0.346 e. The molecule has 0 saturated carbocycles. The first-order valence-electron chi connectivity index (χ1n) is 3.42. The quantitative estimate of drug-likeness (QED) is 0.460. The zero-order valence-corrected chi connectivity index (χ0v) is 6.46. The molecule has 0 saturated heterocycles. The van der Waals surface area contributed by atoms with E-state index in [9.17, 15) is 9.59 Å². The average molecular weight is 153 g/mol. The molecular weight excluding hydrogens is 142 g/mol. The molecule has 11 heavy (non-hydrogen) atoms. The maximum atomic E-state index is 10.7. The van der Waals surface area contributed by atoms with E-state index in [1.807, 2.05) is 0 Å². The zero-order chi connectivity index (χ0) is 8.69. The summed E-state index contributed by atoms with van der Waals surface area (Å²) in [6, 6.07) is -0.521. The number of terminal acetylenes is 1. The van der Waals surface area contributed by atoms with Crippen molar-refractivity contribution in [1.29, 1.82) is 0 Å². The van der Waals surface area contributed by atoms with Crippen LogP contribution in [0.1, 0.15) is 19.8 Å². The van der Waals surface area contributed by atoms with Gasteiger partial charge in [-0.3, -0.25) is 4.79 Å². The van der Waals surface area contributed by atoms with Crippen molar-refractivity contribution in [3.05, 3.63) is 0 Å². The highest BCUT2D eigenvalue weighted by atomic mass is 16.2. The molecule has 3 heteroatoms. The van der Waals surface area contributed by atoms with Crippen molar-refractivity contribution in [2.75, 3.05) is 0 Å². The molecule has 0 aromatic rings. The summed E-state index contributed by atoms with van der Waals surface area (Å²) in [5, 5.41) is 2.47. The lowest BCUT2D eigenvalue weighted by molar-refractivity contribution is -0.123. The van der Waals surface area contributed by atoms with E-state index in [1.165, 1.54) is 0 Å².